The molecule has 4 rings (SSSR count). The van der Waals surface area contributed by atoms with Crippen LogP contribution in [0.3, 0.4) is 0 Å². The van der Waals surface area contributed by atoms with Gasteiger partial charge in [0.05, 0.1) is 6.54 Å². The maximum Gasteiger partial charge on any atom is 0.326 e. The molecule has 0 fully saturated rings. The molecular formula is C35H35FN2O5. The summed E-state index contributed by atoms with van der Waals surface area (Å²) in [6, 6.07) is 27.6. The Kier molecular flexibility index (Phi) is 10.6. The number of nitrogens with one attached hydrogen (secondary N) is 1. The van der Waals surface area contributed by atoms with E-state index in [9.17, 15) is 23.9 Å². The highest BCUT2D eigenvalue weighted by Gasteiger charge is 2.22. The zero-order valence-electron chi connectivity index (χ0n) is 24.2. The molecule has 2 N–H and O–H groups in total. The number of carbonyl (C=O) groups is 3. The molecule has 0 saturated heterocycles. The van der Waals surface area contributed by atoms with Gasteiger partial charge < -0.3 is 20.1 Å². The number of halogens is 1. The smallest absolute Gasteiger partial charge is 0.326 e. The SMILES string of the molecule is CC(C)CC(=O)N(CCOc1ccc(CC(Nc2ccccc2C(=O)c2ccccc2)C(=O)O)cc1)c1ccc(F)cc1. The van der Waals surface area contributed by atoms with Gasteiger partial charge in [0.1, 0.15) is 24.2 Å². The number of carboxylic acid groups (broad SMARTS) is 1. The van der Waals surface area contributed by atoms with E-state index in [0.717, 1.165) is 5.56 Å². The van der Waals surface area contributed by atoms with E-state index in [0.29, 0.717) is 34.7 Å². The van der Waals surface area contributed by atoms with Crippen molar-refractivity contribution >= 4 is 29.0 Å². The highest BCUT2D eigenvalue weighted by molar-refractivity contribution is 6.12. The van der Waals surface area contributed by atoms with Gasteiger partial charge in [0.25, 0.3) is 0 Å². The number of ether oxygens (including phenoxy) is 1. The quantitative estimate of drug-likeness (QED) is 0.162. The Hall–Kier alpha value is -4.98. The minimum Gasteiger partial charge on any atom is -0.492 e. The number of aliphatic carboxylic acids is 1. The zero-order chi connectivity index (χ0) is 30.8. The van der Waals surface area contributed by atoms with Gasteiger partial charge in [0.15, 0.2) is 5.78 Å². The number of rotatable bonds is 14. The van der Waals surface area contributed by atoms with E-state index in [-0.39, 0.29) is 43.0 Å². The van der Waals surface area contributed by atoms with Gasteiger partial charge in [-0.3, -0.25) is 9.59 Å². The summed E-state index contributed by atoms with van der Waals surface area (Å²) < 4.78 is 19.3. The third kappa shape index (κ3) is 8.75. The van der Waals surface area contributed by atoms with E-state index in [1.165, 1.54) is 12.1 Å². The number of hydrogen-bond acceptors (Lipinski definition) is 5. The van der Waals surface area contributed by atoms with Crippen LogP contribution in [0.1, 0.15) is 41.8 Å². The fraction of sp³-hybridized carbons (Fsp3) is 0.229. The van der Waals surface area contributed by atoms with Gasteiger partial charge in [0, 0.05) is 35.3 Å². The molecule has 0 spiro atoms. The van der Waals surface area contributed by atoms with Crippen LogP contribution in [0.25, 0.3) is 0 Å². The Bertz CT molecular complexity index is 1520. The van der Waals surface area contributed by atoms with Gasteiger partial charge in [-0.05, 0) is 60.0 Å². The molecule has 0 aromatic heterocycles. The summed E-state index contributed by atoms with van der Waals surface area (Å²) in [6.07, 6.45) is 0.529. The average molecular weight is 583 g/mol. The molecule has 0 aliphatic carbocycles. The maximum atomic E-state index is 13.4. The van der Waals surface area contributed by atoms with Crippen LogP contribution in [0.4, 0.5) is 15.8 Å². The van der Waals surface area contributed by atoms with Crippen molar-refractivity contribution in [3.8, 4) is 5.75 Å². The molecular weight excluding hydrogens is 547 g/mol. The zero-order valence-corrected chi connectivity index (χ0v) is 24.2. The standard InChI is InChI=1S/C35H35FN2O5/c1-24(2)22-33(39)38(28-16-14-27(36)15-17-28)20-21-43-29-18-12-25(13-19-29)23-32(35(41)42)37-31-11-7-6-10-30(31)34(40)26-8-4-3-5-9-26/h3-19,24,32,37H,20-23H2,1-2H3,(H,41,42). The second-order valence-electron chi connectivity index (χ2n) is 10.6. The van der Waals surface area contributed by atoms with Gasteiger partial charge >= 0.3 is 5.97 Å². The van der Waals surface area contributed by atoms with E-state index in [1.54, 1.807) is 89.8 Å². The first-order chi connectivity index (χ1) is 20.7. The van der Waals surface area contributed by atoms with Crippen LogP contribution >= 0.6 is 0 Å². The number of para-hydroxylation sites is 1. The third-order valence-corrected chi connectivity index (χ3v) is 6.80. The number of benzene rings is 4. The van der Waals surface area contributed by atoms with Crippen LogP contribution in [-0.4, -0.2) is 42.0 Å². The highest BCUT2D eigenvalue weighted by atomic mass is 19.1. The van der Waals surface area contributed by atoms with E-state index in [4.69, 9.17) is 4.74 Å². The molecule has 1 amide bonds. The molecule has 0 aliphatic heterocycles. The minimum atomic E-state index is -1.05. The second kappa shape index (κ2) is 14.8. The maximum absolute atomic E-state index is 13.4. The molecule has 43 heavy (non-hydrogen) atoms. The monoisotopic (exact) mass is 582 g/mol. The lowest BCUT2D eigenvalue weighted by atomic mass is 10.00. The van der Waals surface area contributed by atoms with Gasteiger partial charge in [-0.2, -0.15) is 0 Å². The number of carbonyl (C=O) groups excluding carboxylic acids is 2. The van der Waals surface area contributed by atoms with Crippen LogP contribution in [0.5, 0.6) is 5.75 Å². The first-order valence-electron chi connectivity index (χ1n) is 14.2. The minimum absolute atomic E-state index is 0.0696. The van der Waals surface area contributed by atoms with Crippen molar-refractivity contribution in [3.05, 3.63) is 126 Å². The van der Waals surface area contributed by atoms with Crippen molar-refractivity contribution in [1.82, 2.24) is 0 Å². The number of nitrogens with zero attached hydrogens (tertiary/aromatic N) is 1. The summed E-state index contributed by atoms with van der Waals surface area (Å²) in [5, 5.41) is 13.0. The third-order valence-electron chi connectivity index (χ3n) is 6.80. The Labute approximate surface area is 250 Å². The molecule has 222 valence electrons. The summed E-state index contributed by atoms with van der Waals surface area (Å²) in [7, 11) is 0. The van der Waals surface area contributed by atoms with Crippen LogP contribution < -0.4 is 15.0 Å². The number of anilines is 2. The fourth-order valence-corrected chi connectivity index (χ4v) is 4.63. The Balaban J connectivity index is 1.39. The van der Waals surface area contributed by atoms with Crippen molar-refractivity contribution in [3.63, 3.8) is 0 Å². The molecule has 1 atom stereocenters. The second-order valence-corrected chi connectivity index (χ2v) is 10.6. The van der Waals surface area contributed by atoms with Crippen LogP contribution in [-0.2, 0) is 16.0 Å². The first kappa shape index (κ1) is 31.0. The summed E-state index contributed by atoms with van der Waals surface area (Å²) in [5.74, 6) is -0.947. The van der Waals surface area contributed by atoms with E-state index in [2.05, 4.69) is 5.32 Å². The summed E-state index contributed by atoms with van der Waals surface area (Å²) in [6.45, 7) is 4.43. The number of hydrogen-bond donors (Lipinski definition) is 2. The van der Waals surface area contributed by atoms with Crippen LogP contribution in [0, 0.1) is 11.7 Å². The Morgan fingerprint density at radius 1 is 0.860 bits per heavy atom. The van der Waals surface area contributed by atoms with Gasteiger partial charge in [0.2, 0.25) is 5.91 Å². The van der Waals surface area contributed by atoms with Crippen molar-refractivity contribution < 1.29 is 28.6 Å². The molecule has 0 heterocycles. The van der Waals surface area contributed by atoms with Gasteiger partial charge in [-0.1, -0.05) is 68.4 Å². The molecule has 0 radical (unpaired) electrons. The molecule has 4 aromatic carbocycles. The largest absolute Gasteiger partial charge is 0.492 e. The lowest BCUT2D eigenvalue weighted by Gasteiger charge is -2.24. The summed E-state index contributed by atoms with van der Waals surface area (Å²) in [4.78, 5) is 39.7. The van der Waals surface area contributed by atoms with Crippen molar-refractivity contribution in [2.75, 3.05) is 23.4 Å². The number of ketones is 1. The van der Waals surface area contributed by atoms with E-state index >= 15 is 0 Å². The predicted molar refractivity (Wildman–Crippen MR) is 165 cm³/mol. The molecule has 7 nitrogen and oxygen atoms in total. The van der Waals surface area contributed by atoms with E-state index in [1.807, 2.05) is 19.9 Å². The van der Waals surface area contributed by atoms with Crippen LogP contribution in [0.2, 0.25) is 0 Å². The topological polar surface area (TPSA) is 95.9 Å². The Morgan fingerprint density at radius 3 is 2.16 bits per heavy atom. The molecule has 1 unspecified atom stereocenters. The van der Waals surface area contributed by atoms with E-state index < -0.39 is 12.0 Å². The molecule has 4 aromatic rings. The Morgan fingerprint density at radius 2 is 1.51 bits per heavy atom. The van der Waals surface area contributed by atoms with Crippen LogP contribution in [0.15, 0.2) is 103 Å². The first-order valence-corrected chi connectivity index (χ1v) is 14.2. The van der Waals surface area contributed by atoms with Crippen molar-refractivity contribution in [2.45, 2.75) is 32.7 Å². The summed E-state index contributed by atoms with van der Waals surface area (Å²) in [5.41, 5.74) is 2.72. The lowest BCUT2D eigenvalue weighted by molar-refractivity contribution is -0.137. The molecule has 0 bridgehead atoms. The predicted octanol–water partition coefficient (Wildman–Crippen LogP) is 6.62. The average Bonchev–Trinajstić information content (AvgIpc) is 3.00. The fourth-order valence-electron chi connectivity index (χ4n) is 4.63. The number of amides is 1. The molecule has 8 heteroatoms. The lowest BCUT2D eigenvalue weighted by Crippen LogP contribution is -2.35. The van der Waals surface area contributed by atoms with Gasteiger partial charge in [-0.15, -0.1) is 0 Å². The normalized spacial score (nSPS) is 11.5. The summed E-state index contributed by atoms with van der Waals surface area (Å²) >= 11 is 0. The number of carboxylic acids is 1. The highest BCUT2D eigenvalue weighted by Crippen LogP contribution is 2.22. The molecule has 0 aliphatic rings. The van der Waals surface area contributed by atoms with Crippen molar-refractivity contribution in [1.29, 1.82) is 0 Å². The van der Waals surface area contributed by atoms with Gasteiger partial charge in [-0.25, -0.2) is 9.18 Å². The van der Waals surface area contributed by atoms with Crippen molar-refractivity contribution in [2.24, 2.45) is 5.92 Å². The molecule has 0 saturated carbocycles.